The maximum Gasteiger partial charge on any atom is 0.328 e. The number of halogens is 1. The van der Waals surface area contributed by atoms with Gasteiger partial charge in [-0.1, -0.05) is 23.7 Å². The Morgan fingerprint density at radius 3 is 2.68 bits per heavy atom. The number of H-pyrrole nitrogens is 1. The smallest absolute Gasteiger partial charge is 0.320 e. The normalized spacial score (nSPS) is 10.2. The van der Waals surface area contributed by atoms with Crippen LogP contribution in [0.2, 0.25) is 5.02 Å². The summed E-state index contributed by atoms with van der Waals surface area (Å²) >= 11 is 5.90. The first-order valence-corrected chi connectivity index (χ1v) is 5.73. The van der Waals surface area contributed by atoms with E-state index in [-0.39, 0.29) is 5.56 Å². The van der Waals surface area contributed by atoms with Gasteiger partial charge in [-0.05, 0) is 12.1 Å². The third-order valence-corrected chi connectivity index (χ3v) is 2.88. The first-order chi connectivity index (χ1) is 9.00. The Bertz CT molecular complexity index is 748. The highest BCUT2D eigenvalue weighted by atomic mass is 35.5. The predicted octanol–water partition coefficient (Wildman–Crippen LogP) is 0.979. The Hall–Kier alpha value is -2.34. The fourth-order valence-corrected chi connectivity index (χ4v) is 1.66. The summed E-state index contributed by atoms with van der Waals surface area (Å²) in [5.74, 6) is -0.634. The number of carbonyl (C=O) groups is 1. The molecule has 1 aromatic carbocycles. The molecule has 0 bridgehead atoms. The van der Waals surface area contributed by atoms with Crippen LogP contribution in [0, 0.1) is 0 Å². The van der Waals surface area contributed by atoms with Crippen molar-refractivity contribution in [2.45, 2.75) is 0 Å². The molecule has 1 aromatic heterocycles. The minimum Gasteiger partial charge on any atom is -0.320 e. The van der Waals surface area contributed by atoms with Crippen molar-refractivity contribution in [1.82, 2.24) is 9.55 Å². The van der Waals surface area contributed by atoms with Gasteiger partial charge < -0.3 is 10.3 Å². The van der Waals surface area contributed by atoms with Gasteiger partial charge in [0.25, 0.3) is 11.5 Å². The molecule has 1 heterocycles. The van der Waals surface area contributed by atoms with Gasteiger partial charge in [0.2, 0.25) is 0 Å². The van der Waals surface area contributed by atoms with Crippen LogP contribution in [0.25, 0.3) is 0 Å². The van der Waals surface area contributed by atoms with E-state index in [2.05, 4.69) is 10.3 Å². The van der Waals surface area contributed by atoms with Gasteiger partial charge in [-0.15, -0.1) is 0 Å². The molecule has 0 saturated heterocycles. The molecular weight excluding hydrogens is 270 g/mol. The molecule has 7 heteroatoms. The zero-order chi connectivity index (χ0) is 14.0. The second-order valence-corrected chi connectivity index (χ2v) is 4.21. The number of benzene rings is 1. The summed E-state index contributed by atoms with van der Waals surface area (Å²) < 4.78 is 0.821. The molecule has 0 aliphatic heterocycles. The van der Waals surface area contributed by atoms with E-state index >= 15 is 0 Å². The highest BCUT2D eigenvalue weighted by Gasteiger charge is 2.14. The number of rotatable bonds is 2. The summed E-state index contributed by atoms with van der Waals surface area (Å²) in [5, 5.41) is 2.87. The van der Waals surface area contributed by atoms with E-state index in [1.807, 2.05) is 0 Å². The van der Waals surface area contributed by atoms with Crippen LogP contribution in [-0.2, 0) is 7.05 Å². The second kappa shape index (κ2) is 5.11. The molecule has 6 nitrogen and oxygen atoms in total. The van der Waals surface area contributed by atoms with Crippen molar-refractivity contribution >= 4 is 23.2 Å². The lowest BCUT2D eigenvalue weighted by Crippen LogP contribution is -2.37. The van der Waals surface area contributed by atoms with Crippen LogP contribution < -0.4 is 16.6 Å². The molecular formula is C12H10ClN3O3. The molecule has 2 aromatic rings. The number of nitrogens with zero attached hydrogens (tertiary/aromatic N) is 1. The predicted molar refractivity (Wildman–Crippen MR) is 71.7 cm³/mol. The lowest BCUT2D eigenvalue weighted by molar-refractivity contribution is 0.102. The molecule has 0 aliphatic rings. The Labute approximate surface area is 112 Å². The van der Waals surface area contributed by atoms with Crippen LogP contribution in [0.4, 0.5) is 5.69 Å². The minimum atomic E-state index is -0.673. The first kappa shape index (κ1) is 13.1. The summed E-state index contributed by atoms with van der Waals surface area (Å²) in [5.41, 5.74) is -1.03. The van der Waals surface area contributed by atoms with Crippen LogP contribution in [-0.4, -0.2) is 15.5 Å². The van der Waals surface area contributed by atoms with Crippen molar-refractivity contribution < 1.29 is 4.79 Å². The molecule has 0 fully saturated rings. The highest BCUT2D eigenvalue weighted by molar-refractivity contribution is 6.33. The van der Waals surface area contributed by atoms with Crippen LogP contribution in [0.5, 0.6) is 0 Å². The molecule has 0 aliphatic carbocycles. The minimum absolute atomic E-state index is 0.165. The van der Waals surface area contributed by atoms with E-state index in [9.17, 15) is 14.4 Å². The maximum atomic E-state index is 11.9. The average molecular weight is 280 g/mol. The first-order valence-electron chi connectivity index (χ1n) is 5.35. The van der Waals surface area contributed by atoms with Gasteiger partial charge in [0.05, 0.1) is 10.7 Å². The largest absolute Gasteiger partial charge is 0.328 e. The molecule has 0 unspecified atom stereocenters. The van der Waals surface area contributed by atoms with Crippen molar-refractivity contribution in [1.29, 1.82) is 0 Å². The van der Waals surface area contributed by atoms with E-state index in [0.29, 0.717) is 10.7 Å². The third-order valence-electron chi connectivity index (χ3n) is 2.55. The number of amides is 1. The Morgan fingerprint density at radius 1 is 1.32 bits per heavy atom. The van der Waals surface area contributed by atoms with Gasteiger partial charge in [0.15, 0.2) is 0 Å². The quantitative estimate of drug-likeness (QED) is 0.859. The molecule has 2 N–H and O–H groups in total. The van der Waals surface area contributed by atoms with Crippen LogP contribution >= 0.6 is 11.6 Å². The fraction of sp³-hybridized carbons (Fsp3) is 0.0833. The number of hydrogen-bond donors (Lipinski definition) is 2. The van der Waals surface area contributed by atoms with Crippen molar-refractivity contribution in [3.63, 3.8) is 0 Å². The number of hydrogen-bond acceptors (Lipinski definition) is 3. The summed E-state index contributed by atoms with van der Waals surface area (Å²) in [6, 6.07) is 6.64. The van der Waals surface area contributed by atoms with Crippen molar-refractivity contribution in [3.05, 3.63) is 61.9 Å². The average Bonchev–Trinajstić information content (AvgIpc) is 2.39. The van der Waals surface area contributed by atoms with Gasteiger partial charge in [0.1, 0.15) is 5.56 Å². The molecule has 0 spiro atoms. The Balaban J connectivity index is 2.37. The zero-order valence-electron chi connectivity index (χ0n) is 9.94. The van der Waals surface area contributed by atoms with Gasteiger partial charge in [0, 0.05) is 13.2 Å². The van der Waals surface area contributed by atoms with Gasteiger partial charge in [-0.2, -0.15) is 0 Å². The molecule has 0 saturated carbocycles. The SMILES string of the molecule is Cn1c(=O)[nH]cc(C(=O)Nc2ccccc2Cl)c1=O. The summed E-state index contributed by atoms with van der Waals surface area (Å²) in [4.78, 5) is 37.2. The van der Waals surface area contributed by atoms with E-state index in [1.54, 1.807) is 24.3 Å². The topological polar surface area (TPSA) is 84.0 Å². The molecule has 1 amide bonds. The van der Waals surface area contributed by atoms with Crippen molar-refractivity contribution in [2.24, 2.45) is 7.05 Å². The van der Waals surface area contributed by atoms with E-state index in [1.165, 1.54) is 7.05 Å². The second-order valence-electron chi connectivity index (χ2n) is 3.81. The molecule has 0 atom stereocenters. The summed E-state index contributed by atoms with van der Waals surface area (Å²) in [6.07, 6.45) is 1.08. The van der Waals surface area contributed by atoms with E-state index in [0.717, 1.165) is 10.8 Å². The standard InChI is InChI=1S/C12H10ClN3O3/c1-16-11(18)7(6-14-12(16)19)10(17)15-9-5-3-2-4-8(9)13/h2-6H,1H3,(H,14,19)(H,15,17). The monoisotopic (exact) mass is 279 g/mol. The summed E-state index contributed by atoms with van der Waals surface area (Å²) in [7, 11) is 1.29. The molecule has 19 heavy (non-hydrogen) atoms. The molecule has 98 valence electrons. The molecule has 0 radical (unpaired) electrons. The lowest BCUT2D eigenvalue weighted by atomic mass is 10.2. The van der Waals surface area contributed by atoms with Crippen molar-refractivity contribution in [3.8, 4) is 0 Å². The van der Waals surface area contributed by atoms with Crippen LogP contribution in [0.3, 0.4) is 0 Å². The number of aromatic nitrogens is 2. The lowest BCUT2D eigenvalue weighted by Gasteiger charge is -2.06. The zero-order valence-corrected chi connectivity index (χ0v) is 10.7. The van der Waals surface area contributed by atoms with Gasteiger partial charge in [-0.25, -0.2) is 4.79 Å². The summed E-state index contributed by atoms with van der Waals surface area (Å²) in [6.45, 7) is 0. The van der Waals surface area contributed by atoms with Gasteiger partial charge >= 0.3 is 5.69 Å². The Kier molecular flexibility index (Phi) is 3.52. The van der Waals surface area contributed by atoms with Gasteiger partial charge in [-0.3, -0.25) is 14.2 Å². The van der Waals surface area contributed by atoms with Crippen LogP contribution in [0.1, 0.15) is 10.4 Å². The fourth-order valence-electron chi connectivity index (χ4n) is 1.48. The molecule has 2 rings (SSSR count). The number of para-hydroxylation sites is 1. The van der Waals surface area contributed by atoms with Crippen molar-refractivity contribution in [2.75, 3.05) is 5.32 Å². The Morgan fingerprint density at radius 2 is 2.00 bits per heavy atom. The van der Waals surface area contributed by atoms with E-state index in [4.69, 9.17) is 11.6 Å². The number of anilines is 1. The number of aromatic amines is 1. The highest BCUT2D eigenvalue weighted by Crippen LogP contribution is 2.20. The number of nitrogens with one attached hydrogen (secondary N) is 2. The maximum absolute atomic E-state index is 11.9. The van der Waals surface area contributed by atoms with Crippen LogP contribution in [0.15, 0.2) is 40.1 Å². The third kappa shape index (κ3) is 2.58. The van der Waals surface area contributed by atoms with E-state index < -0.39 is 17.2 Å². The number of carbonyl (C=O) groups excluding carboxylic acids is 1.